The molecule has 2 aromatic carbocycles. The van der Waals surface area contributed by atoms with Crippen LogP contribution in [-0.4, -0.2) is 0 Å². The maximum atomic E-state index is 13.6. The van der Waals surface area contributed by atoms with E-state index >= 15 is 0 Å². The summed E-state index contributed by atoms with van der Waals surface area (Å²) in [5.41, 5.74) is -0.337. The second kappa shape index (κ2) is 5.51. The lowest BCUT2D eigenvalue weighted by Crippen LogP contribution is -2.02. The van der Waals surface area contributed by atoms with Crippen molar-refractivity contribution >= 4 is 27.5 Å². The van der Waals surface area contributed by atoms with Crippen LogP contribution in [0.25, 0.3) is 0 Å². The second-order valence-electron chi connectivity index (χ2n) is 3.82. The molecule has 1 unspecified atom stereocenters. The fourth-order valence-electron chi connectivity index (χ4n) is 1.63. The zero-order chi connectivity index (χ0) is 14.2. The standard InChI is InChI=1S/C13H6BrClF4/c14-8-2-1-6(3-9(8)17)13(15)12-10(18)4-7(16)5-11(12)19/h1-5,13H. The Bertz CT molecular complexity index is 607. The van der Waals surface area contributed by atoms with Crippen LogP contribution in [0.2, 0.25) is 0 Å². The molecule has 0 aliphatic rings. The maximum Gasteiger partial charge on any atom is 0.137 e. The molecule has 0 N–H and O–H groups in total. The number of alkyl halides is 1. The largest absolute Gasteiger partial charge is 0.207 e. The van der Waals surface area contributed by atoms with E-state index in [1.165, 1.54) is 12.1 Å². The van der Waals surface area contributed by atoms with Crippen molar-refractivity contribution in [2.24, 2.45) is 0 Å². The van der Waals surface area contributed by atoms with Gasteiger partial charge < -0.3 is 0 Å². The summed E-state index contributed by atoms with van der Waals surface area (Å²) in [6.07, 6.45) is 0. The van der Waals surface area contributed by atoms with Gasteiger partial charge in [0.15, 0.2) is 0 Å². The van der Waals surface area contributed by atoms with Crippen LogP contribution in [-0.2, 0) is 0 Å². The lowest BCUT2D eigenvalue weighted by Gasteiger charge is -2.13. The first kappa shape index (κ1) is 14.3. The van der Waals surface area contributed by atoms with E-state index in [0.717, 1.165) is 6.07 Å². The molecule has 0 aromatic heterocycles. The molecule has 0 radical (unpaired) electrons. The first-order valence-electron chi connectivity index (χ1n) is 5.13. The van der Waals surface area contributed by atoms with Crippen molar-refractivity contribution in [2.75, 3.05) is 0 Å². The van der Waals surface area contributed by atoms with E-state index in [-0.39, 0.29) is 10.0 Å². The highest BCUT2D eigenvalue weighted by molar-refractivity contribution is 9.10. The van der Waals surface area contributed by atoms with Gasteiger partial charge in [-0.2, -0.15) is 0 Å². The fourth-order valence-corrected chi connectivity index (χ4v) is 2.22. The third-order valence-corrected chi connectivity index (χ3v) is 3.65. The average Bonchev–Trinajstić information content (AvgIpc) is 2.31. The Morgan fingerprint density at radius 3 is 2.00 bits per heavy atom. The molecule has 0 fully saturated rings. The molecule has 0 saturated carbocycles. The number of hydrogen-bond acceptors (Lipinski definition) is 0. The average molecular weight is 354 g/mol. The minimum atomic E-state index is -1.25. The highest BCUT2D eigenvalue weighted by Crippen LogP contribution is 2.34. The summed E-state index contributed by atoms with van der Waals surface area (Å²) >= 11 is 8.89. The molecule has 0 saturated heterocycles. The predicted molar refractivity (Wildman–Crippen MR) is 68.1 cm³/mol. The van der Waals surface area contributed by atoms with Gasteiger partial charge in [-0.25, -0.2) is 17.6 Å². The van der Waals surface area contributed by atoms with Gasteiger partial charge in [-0.15, -0.1) is 11.6 Å². The first-order valence-corrected chi connectivity index (χ1v) is 6.36. The molecule has 0 aliphatic heterocycles. The summed E-state index contributed by atoms with van der Waals surface area (Å²) in [4.78, 5) is 0. The summed E-state index contributed by atoms with van der Waals surface area (Å²) in [5, 5.41) is -1.25. The van der Waals surface area contributed by atoms with Gasteiger partial charge >= 0.3 is 0 Å². The van der Waals surface area contributed by atoms with Crippen LogP contribution in [0.5, 0.6) is 0 Å². The molecule has 0 nitrogen and oxygen atoms in total. The molecule has 0 aliphatic carbocycles. The Morgan fingerprint density at radius 1 is 0.895 bits per heavy atom. The van der Waals surface area contributed by atoms with Crippen LogP contribution in [0, 0.1) is 23.3 Å². The van der Waals surface area contributed by atoms with E-state index in [1.807, 2.05) is 0 Å². The summed E-state index contributed by atoms with van der Waals surface area (Å²) in [6, 6.07) is 4.92. The lowest BCUT2D eigenvalue weighted by molar-refractivity contribution is 0.525. The molecule has 6 heteroatoms. The van der Waals surface area contributed by atoms with Crippen LogP contribution < -0.4 is 0 Å². The third-order valence-electron chi connectivity index (χ3n) is 2.53. The van der Waals surface area contributed by atoms with Crippen LogP contribution in [0.3, 0.4) is 0 Å². The number of rotatable bonds is 2. The van der Waals surface area contributed by atoms with Crippen molar-refractivity contribution in [1.29, 1.82) is 0 Å². The Labute approximate surface area is 120 Å². The van der Waals surface area contributed by atoms with Gasteiger partial charge in [0.25, 0.3) is 0 Å². The molecule has 0 heterocycles. The van der Waals surface area contributed by atoms with E-state index in [2.05, 4.69) is 15.9 Å². The molecule has 0 bridgehead atoms. The number of hydrogen-bond donors (Lipinski definition) is 0. The summed E-state index contributed by atoms with van der Waals surface area (Å²) in [6.45, 7) is 0. The number of halogens is 6. The second-order valence-corrected chi connectivity index (χ2v) is 5.11. The van der Waals surface area contributed by atoms with Gasteiger partial charge in [0.2, 0.25) is 0 Å². The van der Waals surface area contributed by atoms with E-state index in [9.17, 15) is 17.6 Å². The minimum absolute atomic E-state index is 0.173. The molecule has 0 spiro atoms. The normalized spacial score (nSPS) is 12.5. The van der Waals surface area contributed by atoms with E-state index < -0.39 is 34.2 Å². The molecular weight excluding hydrogens is 347 g/mol. The SMILES string of the molecule is Fc1cc(F)c(C(Cl)c2ccc(Br)c(F)c2)c(F)c1. The van der Waals surface area contributed by atoms with Gasteiger partial charge in [-0.1, -0.05) is 6.07 Å². The van der Waals surface area contributed by atoms with Gasteiger partial charge in [0, 0.05) is 17.7 Å². The van der Waals surface area contributed by atoms with E-state index in [0.29, 0.717) is 12.1 Å². The smallest absolute Gasteiger partial charge is 0.137 e. The van der Waals surface area contributed by atoms with Crippen molar-refractivity contribution in [3.8, 4) is 0 Å². The van der Waals surface area contributed by atoms with Crippen molar-refractivity contribution in [3.63, 3.8) is 0 Å². The topological polar surface area (TPSA) is 0 Å². The van der Waals surface area contributed by atoms with Crippen molar-refractivity contribution in [3.05, 3.63) is 69.2 Å². The molecule has 1 atom stereocenters. The van der Waals surface area contributed by atoms with Gasteiger partial charge in [-0.3, -0.25) is 0 Å². The Balaban J connectivity index is 2.49. The van der Waals surface area contributed by atoms with Crippen molar-refractivity contribution in [2.45, 2.75) is 5.38 Å². The summed E-state index contributed by atoms with van der Waals surface area (Å²) in [7, 11) is 0. The minimum Gasteiger partial charge on any atom is -0.207 e. The molecule has 19 heavy (non-hydrogen) atoms. The zero-order valence-corrected chi connectivity index (χ0v) is 11.6. The molecule has 2 rings (SSSR count). The van der Waals surface area contributed by atoms with Crippen LogP contribution in [0.4, 0.5) is 17.6 Å². The van der Waals surface area contributed by atoms with Crippen LogP contribution >= 0.6 is 27.5 Å². The maximum absolute atomic E-state index is 13.6. The summed E-state index contributed by atoms with van der Waals surface area (Å²) < 4.78 is 53.5. The molecular formula is C13H6BrClF4. The Kier molecular flexibility index (Phi) is 4.16. The monoisotopic (exact) mass is 352 g/mol. The van der Waals surface area contributed by atoms with E-state index in [1.54, 1.807) is 0 Å². The Hall–Kier alpha value is -1.07. The fraction of sp³-hybridized carbons (Fsp3) is 0.0769. The lowest BCUT2D eigenvalue weighted by atomic mass is 10.0. The van der Waals surface area contributed by atoms with Crippen molar-refractivity contribution < 1.29 is 17.6 Å². The van der Waals surface area contributed by atoms with E-state index in [4.69, 9.17) is 11.6 Å². The van der Waals surface area contributed by atoms with Crippen LogP contribution in [0.1, 0.15) is 16.5 Å². The van der Waals surface area contributed by atoms with Gasteiger partial charge in [-0.05, 0) is 33.6 Å². The quantitative estimate of drug-likeness (QED) is 0.505. The van der Waals surface area contributed by atoms with Gasteiger partial charge in [0.05, 0.1) is 9.85 Å². The Morgan fingerprint density at radius 2 is 1.47 bits per heavy atom. The van der Waals surface area contributed by atoms with Gasteiger partial charge in [0.1, 0.15) is 23.3 Å². The predicted octanol–water partition coefficient (Wildman–Crippen LogP) is 5.33. The highest BCUT2D eigenvalue weighted by Gasteiger charge is 2.21. The molecule has 2 aromatic rings. The number of benzene rings is 2. The van der Waals surface area contributed by atoms with Crippen molar-refractivity contribution in [1.82, 2.24) is 0 Å². The molecule has 0 amide bonds. The van der Waals surface area contributed by atoms with Crippen LogP contribution in [0.15, 0.2) is 34.8 Å². The zero-order valence-electron chi connectivity index (χ0n) is 9.23. The first-order chi connectivity index (χ1) is 8.90. The summed E-state index contributed by atoms with van der Waals surface area (Å²) in [5.74, 6) is -3.86. The highest BCUT2D eigenvalue weighted by atomic mass is 79.9. The third kappa shape index (κ3) is 2.92. The molecule has 100 valence electrons.